The zero-order valence-corrected chi connectivity index (χ0v) is 11.6. The van der Waals surface area contributed by atoms with Crippen molar-refractivity contribution in [1.82, 2.24) is 10.4 Å². The summed E-state index contributed by atoms with van der Waals surface area (Å²) in [6.07, 6.45) is -1.26. The van der Waals surface area contributed by atoms with E-state index in [9.17, 15) is 8.78 Å². The van der Waals surface area contributed by atoms with E-state index >= 15 is 0 Å². The molecule has 114 valence electrons. The van der Waals surface area contributed by atoms with Gasteiger partial charge in [0, 0.05) is 30.1 Å². The summed E-state index contributed by atoms with van der Waals surface area (Å²) in [5, 5.41) is 1.08. The Morgan fingerprint density at radius 1 is 1.19 bits per heavy atom. The Kier molecular flexibility index (Phi) is 5.98. The minimum Gasteiger partial charge on any atom is -0.375 e. The van der Waals surface area contributed by atoms with Crippen molar-refractivity contribution in [3.8, 4) is 0 Å². The number of para-hydroxylation sites is 1. The molecule has 0 amide bonds. The highest BCUT2D eigenvalue weighted by atomic mass is 19.3. The molecular weight excluding hydrogens is 276 g/mol. The molecule has 1 atom stereocenters. The number of hydrazine groups is 1. The first kappa shape index (κ1) is 15.8. The number of benzene rings is 1. The second kappa shape index (κ2) is 7.97. The van der Waals surface area contributed by atoms with Gasteiger partial charge in [0.15, 0.2) is 0 Å². The summed E-state index contributed by atoms with van der Waals surface area (Å²) in [7, 11) is 0. The Morgan fingerprint density at radius 3 is 2.76 bits per heavy atom. The van der Waals surface area contributed by atoms with Crippen LogP contribution in [0.2, 0.25) is 0 Å². The molecule has 0 fully saturated rings. The topological polar surface area (TPSA) is 60.2 Å². The number of hydrogen-bond acceptors (Lipinski definition) is 4. The lowest BCUT2D eigenvalue weighted by atomic mass is 10.1. The van der Waals surface area contributed by atoms with E-state index in [0.29, 0.717) is 12.8 Å². The number of nitrogens with two attached hydrogens (primary N) is 1. The molecule has 2 aromatic rings. The van der Waals surface area contributed by atoms with Gasteiger partial charge in [0.05, 0.1) is 5.52 Å². The third kappa shape index (κ3) is 5.00. The second-order valence-electron chi connectivity index (χ2n) is 4.82. The lowest BCUT2D eigenvalue weighted by molar-refractivity contribution is 0.0144. The number of aromatic nitrogens is 1. The zero-order chi connectivity index (χ0) is 15.1. The fourth-order valence-corrected chi connectivity index (χ4v) is 2.12. The van der Waals surface area contributed by atoms with Gasteiger partial charge >= 0.3 is 0 Å². The average Bonchev–Trinajstić information content (AvgIpc) is 2.50. The Bertz CT molecular complexity index is 565. The number of nitrogens with one attached hydrogen (secondary N) is 1. The smallest absolute Gasteiger partial charge is 0.261 e. The normalized spacial score (nSPS) is 13.0. The first-order valence-corrected chi connectivity index (χ1v) is 6.85. The number of hydrogen-bond donors (Lipinski definition) is 2. The number of nitrogens with zero attached hydrogens (tertiary/aromatic N) is 1. The predicted octanol–water partition coefficient (Wildman–Crippen LogP) is 2.28. The molecule has 21 heavy (non-hydrogen) atoms. The zero-order valence-electron chi connectivity index (χ0n) is 11.6. The lowest BCUT2D eigenvalue weighted by Crippen LogP contribution is -2.38. The number of pyridine rings is 1. The van der Waals surface area contributed by atoms with Crippen molar-refractivity contribution in [3.63, 3.8) is 0 Å². The molecule has 6 heteroatoms. The molecule has 1 aromatic heterocycles. The quantitative estimate of drug-likeness (QED) is 0.445. The van der Waals surface area contributed by atoms with Gasteiger partial charge in [0.2, 0.25) is 0 Å². The number of halogens is 2. The molecule has 3 N–H and O–H groups in total. The third-order valence-electron chi connectivity index (χ3n) is 3.20. The SMILES string of the molecule is NNC(CCOCC(F)F)Cc1ccc2ccccc2n1. The van der Waals surface area contributed by atoms with E-state index in [1.165, 1.54) is 0 Å². The van der Waals surface area contributed by atoms with Crippen LogP contribution in [0.1, 0.15) is 12.1 Å². The maximum Gasteiger partial charge on any atom is 0.261 e. The van der Waals surface area contributed by atoms with Gasteiger partial charge in [-0.1, -0.05) is 24.3 Å². The van der Waals surface area contributed by atoms with Gasteiger partial charge < -0.3 is 4.74 Å². The van der Waals surface area contributed by atoms with E-state index < -0.39 is 13.0 Å². The molecule has 0 bridgehead atoms. The van der Waals surface area contributed by atoms with Gasteiger partial charge in [0.1, 0.15) is 6.61 Å². The summed E-state index contributed by atoms with van der Waals surface area (Å²) < 4.78 is 28.8. The van der Waals surface area contributed by atoms with Crippen LogP contribution in [-0.4, -0.2) is 30.7 Å². The standard InChI is InChI=1S/C15H19F2N3O/c16-15(17)10-21-8-7-13(20-18)9-12-6-5-11-3-1-2-4-14(11)19-12/h1-6,13,15,20H,7-10,18H2. The van der Waals surface area contributed by atoms with Crippen LogP contribution >= 0.6 is 0 Å². The van der Waals surface area contributed by atoms with Crippen molar-refractivity contribution < 1.29 is 13.5 Å². The van der Waals surface area contributed by atoms with Crippen LogP contribution in [-0.2, 0) is 11.2 Å². The molecule has 0 saturated heterocycles. The molecule has 2 rings (SSSR count). The van der Waals surface area contributed by atoms with E-state index in [2.05, 4.69) is 10.4 Å². The van der Waals surface area contributed by atoms with Crippen molar-refractivity contribution in [2.45, 2.75) is 25.3 Å². The van der Waals surface area contributed by atoms with E-state index in [0.717, 1.165) is 16.6 Å². The predicted molar refractivity (Wildman–Crippen MR) is 78.0 cm³/mol. The van der Waals surface area contributed by atoms with Crippen molar-refractivity contribution in [3.05, 3.63) is 42.1 Å². The molecule has 0 aliphatic heterocycles. The molecule has 0 spiro atoms. The van der Waals surface area contributed by atoms with Crippen LogP contribution < -0.4 is 11.3 Å². The number of rotatable bonds is 8. The van der Waals surface area contributed by atoms with E-state index in [4.69, 9.17) is 10.6 Å². The lowest BCUT2D eigenvalue weighted by Gasteiger charge is -2.15. The summed E-state index contributed by atoms with van der Waals surface area (Å²) in [6.45, 7) is -0.293. The van der Waals surface area contributed by atoms with Crippen molar-refractivity contribution in [1.29, 1.82) is 0 Å². The van der Waals surface area contributed by atoms with Crippen LogP contribution in [0.15, 0.2) is 36.4 Å². The highest BCUT2D eigenvalue weighted by molar-refractivity contribution is 5.78. The van der Waals surface area contributed by atoms with Gasteiger partial charge in [-0.3, -0.25) is 16.3 Å². The summed E-state index contributed by atoms with van der Waals surface area (Å²) in [5.41, 5.74) is 4.52. The monoisotopic (exact) mass is 295 g/mol. The van der Waals surface area contributed by atoms with Gasteiger partial charge in [0.25, 0.3) is 6.43 Å². The van der Waals surface area contributed by atoms with Crippen molar-refractivity contribution in [2.75, 3.05) is 13.2 Å². The maximum atomic E-state index is 12.0. The van der Waals surface area contributed by atoms with Gasteiger partial charge in [-0.25, -0.2) is 8.78 Å². The molecule has 0 aliphatic rings. The third-order valence-corrected chi connectivity index (χ3v) is 3.20. The van der Waals surface area contributed by atoms with Crippen LogP contribution in [0.25, 0.3) is 10.9 Å². The number of alkyl halides is 2. The Morgan fingerprint density at radius 2 is 2.00 bits per heavy atom. The van der Waals surface area contributed by atoms with Crippen molar-refractivity contribution in [2.24, 2.45) is 5.84 Å². The minimum absolute atomic E-state index is 0.0589. The van der Waals surface area contributed by atoms with Crippen LogP contribution in [0, 0.1) is 0 Å². The van der Waals surface area contributed by atoms with Gasteiger partial charge in [-0.15, -0.1) is 0 Å². The van der Waals surface area contributed by atoms with Gasteiger partial charge in [-0.05, 0) is 18.6 Å². The molecular formula is C15H19F2N3O. The summed E-state index contributed by atoms with van der Waals surface area (Å²) in [5.74, 6) is 5.49. The van der Waals surface area contributed by atoms with Crippen molar-refractivity contribution >= 4 is 10.9 Å². The summed E-state index contributed by atoms with van der Waals surface area (Å²) in [6, 6.07) is 11.8. The molecule has 0 radical (unpaired) electrons. The first-order chi connectivity index (χ1) is 10.2. The highest BCUT2D eigenvalue weighted by Gasteiger charge is 2.10. The maximum absolute atomic E-state index is 12.0. The Labute approximate surface area is 122 Å². The molecule has 1 aromatic carbocycles. The fraction of sp³-hybridized carbons (Fsp3) is 0.400. The molecule has 1 heterocycles. The summed E-state index contributed by atoms with van der Waals surface area (Å²) in [4.78, 5) is 4.56. The van der Waals surface area contributed by atoms with Crippen LogP contribution in [0.3, 0.4) is 0 Å². The van der Waals surface area contributed by atoms with E-state index in [1.54, 1.807) is 0 Å². The van der Waals surface area contributed by atoms with Crippen LogP contribution in [0.4, 0.5) is 8.78 Å². The minimum atomic E-state index is -2.43. The summed E-state index contributed by atoms with van der Waals surface area (Å²) >= 11 is 0. The molecule has 0 aliphatic carbocycles. The number of fused-ring (bicyclic) bond motifs is 1. The highest BCUT2D eigenvalue weighted by Crippen LogP contribution is 2.13. The second-order valence-corrected chi connectivity index (χ2v) is 4.82. The fourth-order valence-electron chi connectivity index (χ4n) is 2.12. The molecule has 1 unspecified atom stereocenters. The van der Waals surface area contributed by atoms with E-state index in [-0.39, 0.29) is 12.6 Å². The number of ether oxygens (including phenoxy) is 1. The molecule has 0 saturated carbocycles. The first-order valence-electron chi connectivity index (χ1n) is 6.85. The van der Waals surface area contributed by atoms with E-state index in [1.807, 2.05) is 36.4 Å². The average molecular weight is 295 g/mol. The molecule has 4 nitrogen and oxygen atoms in total. The van der Waals surface area contributed by atoms with Gasteiger partial charge in [-0.2, -0.15) is 0 Å². The Balaban J connectivity index is 1.90. The largest absolute Gasteiger partial charge is 0.375 e. The van der Waals surface area contributed by atoms with Crippen LogP contribution in [0.5, 0.6) is 0 Å². The Hall–Kier alpha value is -1.63.